The van der Waals surface area contributed by atoms with Gasteiger partial charge >= 0.3 is 0 Å². The minimum atomic E-state index is -0.0993. The van der Waals surface area contributed by atoms with Gasteiger partial charge in [-0.15, -0.1) is 0 Å². The summed E-state index contributed by atoms with van der Waals surface area (Å²) in [6, 6.07) is 11.7. The summed E-state index contributed by atoms with van der Waals surface area (Å²) < 4.78 is 5.46. The molecule has 3 nitrogen and oxygen atoms in total. The van der Waals surface area contributed by atoms with Crippen LogP contribution in [-0.4, -0.2) is 13.0 Å². The third kappa shape index (κ3) is 2.98. The number of carbonyl (C=O) groups excluding carboxylic acids is 1. The second kappa shape index (κ2) is 6.22. The van der Waals surface area contributed by atoms with Gasteiger partial charge in [-0.3, -0.25) is 4.79 Å². The van der Waals surface area contributed by atoms with Crippen molar-refractivity contribution >= 4 is 11.6 Å². The average molecular weight is 295 g/mol. The summed E-state index contributed by atoms with van der Waals surface area (Å²) >= 11 is 0. The van der Waals surface area contributed by atoms with Crippen LogP contribution in [-0.2, 0) is 12.8 Å². The molecule has 3 heteroatoms. The molecule has 2 aromatic carbocycles. The first-order chi connectivity index (χ1) is 10.7. The Bertz CT molecular complexity index is 707. The number of benzene rings is 2. The number of hydrogen-bond donors (Lipinski definition) is 1. The lowest BCUT2D eigenvalue weighted by molar-refractivity contribution is 0.102. The molecule has 3 rings (SSSR count). The maximum atomic E-state index is 12.4. The lowest BCUT2D eigenvalue weighted by Crippen LogP contribution is -2.14. The molecule has 22 heavy (non-hydrogen) atoms. The van der Waals surface area contributed by atoms with Crippen LogP contribution in [0.2, 0.25) is 0 Å². The molecule has 1 aliphatic rings. The molecule has 2 aromatic rings. The fourth-order valence-electron chi connectivity index (χ4n) is 3.01. The summed E-state index contributed by atoms with van der Waals surface area (Å²) in [7, 11) is 1.65. The molecule has 0 saturated heterocycles. The van der Waals surface area contributed by atoms with E-state index in [1.807, 2.05) is 31.2 Å². The van der Waals surface area contributed by atoms with E-state index in [9.17, 15) is 4.79 Å². The number of hydrogen-bond acceptors (Lipinski definition) is 2. The number of anilines is 1. The van der Waals surface area contributed by atoms with Crippen molar-refractivity contribution < 1.29 is 9.53 Å². The van der Waals surface area contributed by atoms with Crippen LogP contribution < -0.4 is 10.1 Å². The van der Waals surface area contributed by atoms with Crippen molar-refractivity contribution in [3.8, 4) is 5.75 Å². The number of methoxy groups -OCH3 is 1. The van der Waals surface area contributed by atoms with Crippen LogP contribution in [0.3, 0.4) is 0 Å². The Hall–Kier alpha value is -2.29. The van der Waals surface area contributed by atoms with Gasteiger partial charge in [0, 0.05) is 5.56 Å². The fourth-order valence-corrected chi connectivity index (χ4v) is 3.01. The van der Waals surface area contributed by atoms with Gasteiger partial charge in [0.15, 0.2) is 0 Å². The second-order valence-corrected chi connectivity index (χ2v) is 5.85. The van der Waals surface area contributed by atoms with Gasteiger partial charge in [0.1, 0.15) is 5.75 Å². The minimum Gasteiger partial charge on any atom is -0.495 e. The minimum absolute atomic E-state index is 0.0993. The number of carbonyl (C=O) groups is 1. The molecule has 0 heterocycles. The Balaban J connectivity index is 1.89. The van der Waals surface area contributed by atoms with Crippen LogP contribution in [0.4, 0.5) is 5.69 Å². The van der Waals surface area contributed by atoms with Gasteiger partial charge in [-0.1, -0.05) is 17.7 Å². The smallest absolute Gasteiger partial charge is 0.255 e. The zero-order valence-corrected chi connectivity index (χ0v) is 13.1. The Morgan fingerprint density at radius 2 is 1.82 bits per heavy atom. The Morgan fingerprint density at radius 1 is 1.09 bits per heavy atom. The van der Waals surface area contributed by atoms with Gasteiger partial charge in [-0.25, -0.2) is 0 Å². The number of fused-ring (bicyclic) bond motifs is 1. The predicted molar refractivity (Wildman–Crippen MR) is 88.8 cm³/mol. The molecule has 1 aliphatic carbocycles. The van der Waals surface area contributed by atoms with E-state index in [1.165, 1.54) is 24.0 Å². The first-order valence-electron chi connectivity index (χ1n) is 7.75. The topological polar surface area (TPSA) is 38.3 Å². The number of nitrogens with one attached hydrogen (secondary N) is 1. The van der Waals surface area contributed by atoms with E-state index in [0.29, 0.717) is 5.56 Å². The van der Waals surface area contributed by atoms with Gasteiger partial charge in [0.2, 0.25) is 0 Å². The molecule has 1 amide bonds. The molecule has 0 bridgehead atoms. The van der Waals surface area contributed by atoms with E-state index in [1.54, 1.807) is 7.11 Å². The normalized spacial score (nSPS) is 13.4. The van der Waals surface area contributed by atoms with Crippen molar-refractivity contribution in [2.45, 2.75) is 32.6 Å². The Labute approximate surface area is 131 Å². The average Bonchev–Trinajstić information content (AvgIpc) is 2.54. The highest BCUT2D eigenvalue weighted by Crippen LogP contribution is 2.32. The summed E-state index contributed by atoms with van der Waals surface area (Å²) in [4.78, 5) is 12.4. The van der Waals surface area contributed by atoms with Crippen LogP contribution in [0.15, 0.2) is 36.4 Å². The number of ether oxygens (including phenoxy) is 1. The predicted octanol–water partition coefficient (Wildman–Crippen LogP) is 4.13. The number of aryl methyl sites for hydroxylation is 3. The van der Waals surface area contributed by atoms with E-state index in [4.69, 9.17) is 4.74 Å². The molecule has 1 N–H and O–H groups in total. The maximum Gasteiger partial charge on any atom is 0.255 e. The van der Waals surface area contributed by atoms with Crippen LogP contribution in [0.5, 0.6) is 5.75 Å². The molecule has 0 fully saturated rings. The monoisotopic (exact) mass is 295 g/mol. The van der Waals surface area contributed by atoms with Gasteiger partial charge in [0.25, 0.3) is 5.91 Å². The van der Waals surface area contributed by atoms with Crippen LogP contribution in [0.1, 0.15) is 39.9 Å². The summed E-state index contributed by atoms with van der Waals surface area (Å²) in [5, 5.41) is 2.99. The van der Waals surface area contributed by atoms with Gasteiger partial charge in [-0.05, 0) is 68.0 Å². The lowest BCUT2D eigenvalue weighted by Gasteiger charge is -2.19. The molecule has 0 saturated carbocycles. The Morgan fingerprint density at radius 3 is 2.50 bits per heavy atom. The van der Waals surface area contributed by atoms with Crippen molar-refractivity contribution in [3.63, 3.8) is 0 Å². The van der Waals surface area contributed by atoms with Crippen LogP contribution in [0, 0.1) is 6.92 Å². The largest absolute Gasteiger partial charge is 0.495 e. The highest BCUT2D eigenvalue weighted by molar-refractivity contribution is 6.05. The van der Waals surface area contributed by atoms with E-state index in [-0.39, 0.29) is 5.91 Å². The van der Waals surface area contributed by atoms with Crippen molar-refractivity contribution in [2.75, 3.05) is 12.4 Å². The lowest BCUT2D eigenvalue weighted by atomic mass is 9.91. The van der Waals surface area contributed by atoms with Crippen molar-refractivity contribution in [3.05, 3.63) is 58.7 Å². The maximum absolute atomic E-state index is 12.4. The molecule has 0 spiro atoms. The molecule has 0 atom stereocenters. The van der Waals surface area contributed by atoms with Crippen molar-refractivity contribution in [1.29, 1.82) is 0 Å². The van der Waals surface area contributed by atoms with E-state index >= 15 is 0 Å². The summed E-state index contributed by atoms with van der Waals surface area (Å²) in [6.07, 6.45) is 4.61. The van der Waals surface area contributed by atoms with Crippen LogP contribution in [0.25, 0.3) is 0 Å². The summed E-state index contributed by atoms with van der Waals surface area (Å²) in [5.74, 6) is 0.638. The molecule has 0 radical (unpaired) electrons. The third-order valence-electron chi connectivity index (χ3n) is 4.19. The summed E-state index contributed by atoms with van der Waals surface area (Å²) in [5.41, 5.74) is 5.17. The van der Waals surface area contributed by atoms with E-state index < -0.39 is 0 Å². The summed E-state index contributed by atoms with van der Waals surface area (Å²) in [6.45, 7) is 1.98. The second-order valence-electron chi connectivity index (χ2n) is 5.85. The molecule has 0 unspecified atom stereocenters. The zero-order chi connectivity index (χ0) is 15.5. The highest BCUT2D eigenvalue weighted by Gasteiger charge is 2.16. The quantitative estimate of drug-likeness (QED) is 0.924. The van der Waals surface area contributed by atoms with Crippen molar-refractivity contribution in [2.24, 2.45) is 0 Å². The molecular weight excluding hydrogens is 274 g/mol. The SMILES string of the molecule is COc1cc2c(cc1NC(=O)c1cccc(C)c1)CCCC2. The standard InChI is InChI=1S/C19H21NO2/c1-13-6-5-9-16(10-13)19(21)20-17-11-14-7-3-4-8-15(14)12-18(17)22-2/h5-6,9-12H,3-4,7-8H2,1-2H3,(H,20,21). The van der Waals surface area contributed by atoms with E-state index in [0.717, 1.165) is 29.8 Å². The molecule has 0 aliphatic heterocycles. The first kappa shape index (κ1) is 14.6. The zero-order valence-electron chi connectivity index (χ0n) is 13.1. The first-order valence-corrected chi connectivity index (χ1v) is 7.75. The van der Waals surface area contributed by atoms with Crippen LogP contribution >= 0.6 is 0 Å². The molecule has 0 aromatic heterocycles. The van der Waals surface area contributed by atoms with Gasteiger partial charge in [0.05, 0.1) is 12.8 Å². The fraction of sp³-hybridized carbons (Fsp3) is 0.316. The van der Waals surface area contributed by atoms with E-state index in [2.05, 4.69) is 17.4 Å². The molecule has 114 valence electrons. The Kier molecular flexibility index (Phi) is 4.14. The van der Waals surface area contributed by atoms with Crippen molar-refractivity contribution in [1.82, 2.24) is 0 Å². The third-order valence-corrected chi connectivity index (χ3v) is 4.19. The highest BCUT2D eigenvalue weighted by atomic mass is 16.5. The van der Waals surface area contributed by atoms with Gasteiger partial charge in [-0.2, -0.15) is 0 Å². The number of amides is 1. The number of rotatable bonds is 3. The van der Waals surface area contributed by atoms with Gasteiger partial charge < -0.3 is 10.1 Å². The molecular formula is C19H21NO2.